The molecule has 3 aromatic rings. The van der Waals surface area contributed by atoms with Crippen LogP contribution >= 0.6 is 0 Å². The number of aromatic nitrogens is 2. The summed E-state index contributed by atoms with van der Waals surface area (Å²) in [4.78, 5) is 0. The van der Waals surface area contributed by atoms with Gasteiger partial charge in [0.15, 0.2) is 0 Å². The van der Waals surface area contributed by atoms with Crippen LogP contribution in [0.1, 0.15) is 11.3 Å². The quantitative estimate of drug-likeness (QED) is 0.510. The fraction of sp³-hybridized carbons (Fsp3) is 0.250. The zero-order valence-corrected chi connectivity index (χ0v) is 17.1. The molecule has 0 amide bonds. The molecule has 1 aromatic heterocycles. The molecule has 31 heavy (non-hydrogen) atoms. The van der Waals surface area contributed by atoms with E-state index in [0.717, 1.165) is 18.4 Å². The number of hydrogen-bond donors (Lipinski definition) is 2. The molecule has 0 saturated heterocycles. The Morgan fingerprint density at radius 3 is 2.42 bits per heavy atom. The molecule has 0 aliphatic rings. The summed E-state index contributed by atoms with van der Waals surface area (Å²) < 4.78 is 67.4. The first-order chi connectivity index (χ1) is 14.6. The number of halogens is 3. The molecule has 0 unspecified atom stereocenters. The largest absolute Gasteiger partial charge is 0.416 e. The Morgan fingerprint density at radius 2 is 1.87 bits per heavy atom. The van der Waals surface area contributed by atoms with Crippen LogP contribution in [0.3, 0.4) is 0 Å². The van der Waals surface area contributed by atoms with Gasteiger partial charge in [-0.05, 0) is 48.5 Å². The summed E-state index contributed by atoms with van der Waals surface area (Å²) in [5, 5.41) is 16.1. The molecular formula is C20H18F3N3O4S. The second-order valence-corrected chi connectivity index (χ2v) is 8.15. The summed E-state index contributed by atoms with van der Waals surface area (Å²) in [7, 11) is -3.71. The van der Waals surface area contributed by atoms with E-state index in [2.05, 4.69) is 22.5 Å². The van der Waals surface area contributed by atoms with Crippen molar-refractivity contribution in [3.05, 3.63) is 65.9 Å². The first-order valence-corrected chi connectivity index (χ1v) is 10.8. The van der Waals surface area contributed by atoms with Crippen molar-refractivity contribution in [3.8, 4) is 16.9 Å². The van der Waals surface area contributed by atoms with Crippen LogP contribution in [-0.2, 0) is 27.1 Å². The van der Waals surface area contributed by atoms with Gasteiger partial charge in [-0.1, -0.05) is 6.07 Å². The summed E-state index contributed by atoms with van der Waals surface area (Å²) >= 11 is 0. The van der Waals surface area contributed by atoms with Crippen LogP contribution in [-0.4, -0.2) is 42.7 Å². The molecule has 0 aliphatic carbocycles. The molecule has 0 aliphatic heterocycles. The minimum Gasteiger partial charge on any atom is -0.395 e. The summed E-state index contributed by atoms with van der Waals surface area (Å²) in [5.74, 6) is 0. The molecule has 3 rings (SSSR count). The molecule has 164 valence electrons. The molecule has 2 aromatic carbocycles. The molecule has 0 fully saturated rings. The van der Waals surface area contributed by atoms with Crippen LogP contribution in [0.25, 0.3) is 16.9 Å². The van der Waals surface area contributed by atoms with Crippen LogP contribution < -0.4 is 5.32 Å². The van der Waals surface area contributed by atoms with Crippen molar-refractivity contribution in [1.29, 1.82) is 0 Å². The smallest absolute Gasteiger partial charge is 0.395 e. The number of nitrogens with zero attached hydrogens (tertiary/aromatic N) is 2. The summed E-state index contributed by atoms with van der Waals surface area (Å²) in [6.07, 6.45) is -3.57. The number of rotatable bonds is 8. The van der Waals surface area contributed by atoms with Gasteiger partial charge in [0.25, 0.3) is 10.1 Å². The van der Waals surface area contributed by atoms with Crippen molar-refractivity contribution in [2.24, 2.45) is 0 Å². The van der Waals surface area contributed by atoms with Crippen LogP contribution in [0.2, 0.25) is 0 Å². The van der Waals surface area contributed by atoms with Gasteiger partial charge in [0, 0.05) is 6.54 Å². The maximum absolute atomic E-state index is 12.9. The zero-order chi connectivity index (χ0) is 22.6. The van der Waals surface area contributed by atoms with Crippen LogP contribution in [0.5, 0.6) is 0 Å². The van der Waals surface area contributed by atoms with Crippen LogP contribution in [0.15, 0.2) is 42.5 Å². The lowest BCUT2D eigenvalue weighted by Gasteiger charge is -2.10. The van der Waals surface area contributed by atoms with Gasteiger partial charge in [-0.15, -0.1) is 0 Å². The Morgan fingerprint density at radius 1 is 1.16 bits per heavy atom. The number of aliphatic hydroxyl groups is 1. The van der Waals surface area contributed by atoms with Crippen molar-refractivity contribution in [3.63, 3.8) is 0 Å². The second-order valence-electron chi connectivity index (χ2n) is 6.50. The molecule has 0 saturated carbocycles. The third-order valence-corrected chi connectivity index (χ3v) is 4.62. The van der Waals surface area contributed by atoms with Gasteiger partial charge in [0.2, 0.25) is 0 Å². The number of anilines is 1. The van der Waals surface area contributed by atoms with Gasteiger partial charge in [-0.25, -0.2) is 4.68 Å². The average Bonchev–Trinajstić information content (AvgIpc) is 3.14. The van der Waals surface area contributed by atoms with E-state index >= 15 is 0 Å². The first kappa shape index (κ1) is 22.6. The summed E-state index contributed by atoms with van der Waals surface area (Å²) in [6.45, 7) is -0.0561. The minimum atomic E-state index is -4.47. The van der Waals surface area contributed by atoms with E-state index in [1.165, 1.54) is 16.8 Å². The van der Waals surface area contributed by atoms with Gasteiger partial charge < -0.3 is 10.4 Å². The molecule has 0 radical (unpaired) electrons. The summed E-state index contributed by atoms with van der Waals surface area (Å²) in [6, 6.07) is 15.1. The Labute approximate surface area is 177 Å². The number of hydrogen-bond acceptors (Lipinski definition) is 6. The van der Waals surface area contributed by atoms with E-state index in [0.29, 0.717) is 29.2 Å². The van der Waals surface area contributed by atoms with Gasteiger partial charge in [-0.2, -0.15) is 26.7 Å². The lowest BCUT2D eigenvalue weighted by atomic mass is 10.1. The van der Waals surface area contributed by atoms with Gasteiger partial charge in [-0.3, -0.25) is 4.18 Å². The standard InChI is InChI=1S/C20H18F3N3O4S/c1-31(28,29)30-13-17-12-19(14-2-6-16(7-3-14)24-10-11-27)26(25-17)18-8-4-15(5-9-18)20(21,22)23/h2,4-6,8-9,12,24,27H,10-11,13H2,1H3. The van der Waals surface area contributed by atoms with Crippen molar-refractivity contribution < 1.29 is 30.9 Å². The van der Waals surface area contributed by atoms with Gasteiger partial charge in [0.05, 0.1) is 46.8 Å². The molecule has 11 heteroatoms. The van der Waals surface area contributed by atoms with Crippen molar-refractivity contribution in [2.45, 2.75) is 12.8 Å². The second kappa shape index (κ2) is 8.97. The fourth-order valence-electron chi connectivity index (χ4n) is 2.68. The molecule has 2 N–H and O–H groups in total. The van der Waals surface area contributed by atoms with Crippen LogP contribution in [0.4, 0.5) is 18.9 Å². The van der Waals surface area contributed by atoms with Gasteiger partial charge in [0.1, 0.15) is 6.61 Å². The van der Waals surface area contributed by atoms with Crippen molar-refractivity contribution in [2.75, 3.05) is 24.7 Å². The number of aliphatic hydroxyl groups excluding tert-OH is 1. The van der Waals surface area contributed by atoms with E-state index in [-0.39, 0.29) is 18.9 Å². The third kappa shape index (κ3) is 5.97. The molecule has 0 atom stereocenters. The normalized spacial score (nSPS) is 11.9. The minimum absolute atomic E-state index is 0.0556. The monoisotopic (exact) mass is 453 g/mol. The Balaban J connectivity index is 1.99. The lowest BCUT2D eigenvalue weighted by Crippen LogP contribution is -2.06. The highest BCUT2D eigenvalue weighted by molar-refractivity contribution is 7.85. The SMILES string of the molecule is CS(=O)(=O)OCc1cc(-c2c#cc(NCCO)cc2)n(-c2ccc(C(F)(F)F)cc2)n1. The summed E-state index contributed by atoms with van der Waals surface area (Å²) in [5.41, 5.74) is 1.37. The highest BCUT2D eigenvalue weighted by Crippen LogP contribution is 2.30. The molecular weight excluding hydrogens is 435 g/mol. The van der Waals surface area contributed by atoms with E-state index < -0.39 is 21.9 Å². The first-order valence-electron chi connectivity index (χ1n) is 8.97. The van der Waals surface area contributed by atoms with Crippen molar-refractivity contribution >= 4 is 15.8 Å². The number of nitrogens with one attached hydrogen (secondary N) is 1. The van der Waals surface area contributed by atoms with E-state index in [1.54, 1.807) is 18.2 Å². The van der Waals surface area contributed by atoms with Crippen molar-refractivity contribution in [1.82, 2.24) is 9.78 Å². The highest BCUT2D eigenvalue weighted by atomic mass is 32.2. The Hall–Kier alpha value is -3.07. The third-order valence-electron chi connectivity index (χ3n) is 4.07. The number of alkyl halides is 3. The van der Waals surface area contributed by atoms with E-state index in [4.69, 9.17) is 9.29 Å². The average molecular weight is 453 g/mol. The maximum Gasteiger partial charge on any atom is 0.416 e. The molecule has 7 nitrogen and oxygen atoms in total. The molecule has 0 bridgehead atoms. The van der Waals surface area contributed by atoms with Gasteiger partial charge >= 0.3 is 6.18 Å². The predicted octanol–water partition coefficient (Wildman–Crippen LogP) is 3.04. The fourth-order valence-corrected chi connectivity index (χ4v) is 3.01. The lowest BCUT2D eigenvalue weighted by molar-refractivity contribution is -0.137. The maximum atomic E-state index is 12.9. The van der Waals surface area contributed by atoms with E-state index in [9.17, 15) is 21.6 Å². The topological polar surface area (TPSA) is 93.5 Å². The Kier molecular flexibility index (Phi) is 6.54. The molecule has 1 heterocycles. The zero-order valence-electron chi connectivity index (χ0n) is 16.3. The highest BCUT2D eigenvalue weighted by Gasteiger charge is 2.30. The van der Waals surface area contributed by atoms with E-state index in [1.807, 2.05) is 0 Å². The Bertz CT molecular complexity index is 1130. The predicted molar refractivity (Wildman–Crippen MR) is 107 cm³/mol. The van der Waals surface area contributed by atoms with Crippen LogP contribution in [0, 0.1) is 12.1 Å². The number of benzene rings is 1. The molecule has 0 spiro atoms.